The lowest BCUT2D eigenvalue weighted by Crippen LogP contribution is -2.31. The standard InChI is InChI=1S/C29H29N3O2/c1-3-19-34-24-15-13-23(14-16-24)28-25-26(22-11-9-20(2)10-12-22)30-31-27(25)29(33)32(28)18-17-21-7-5-4-6-8-21/h4-16,28H,3,17-19H2,1-2H3,(H,30,31). The minimum atomic E-state index is -0.207. The van der Waals surface area contributed by atoms with E-state index in [1.165, 1.54) is 11.1 Å². The number of carbonyl (C=O) groups is 1. The first-order valence-electron chi connectivity index (χ1n) is 11.9. The van der Waals surface area contributed by atoms with Gasteiger partial charge in [-0.3, -0.25) is 9.89 Å². The number of ether oxygens (including phenoxy) is 1. The number of nitrogens with zero attached hydrogens (tertiary/aromatic N) is 2. The number of aromatic nitrogens is 2. The molecule has 172 valence electrons. The molecule has 2 heterocycles. The summed E-state index contributed by atoms with van der Waals surface area (Å²) in [6, 6.07) is 26.5. The van der Waals surface area contributed by atoms with Crippen LogP contribution in [0, 0.1) is 6.92 Å². The van der Waals surface area contributed by atoms with Gasteiger partial charge in [0, 0.05) is 17.7 Å². The van der Waals surface area contributed by atoms with Crippen LogP contribution in [0.1, 0.15) is 52.1 Å². The molecular formula is C29H29N3O2. The van der Waals surface area contributed by atoms with Crippen LogP contribution in [-0.2, 0) is 6.42 Å². The second-order valence-corrected chi connectivity index (χ2v) is 8.78. The largest absolute Gasteiger partial charge is 0.494 e. The Hall–Kier alpha value is -3.86. The molecule has 0 aliphatic carbocycles. The number of H-pyrrole nitrogens is 1. The minimum Gasteiger partial charge on any atom is -0.494 e. The maximum Gasteiger partial charge on any atom is 0.273 e. The molecule has 1 aliphatic rings. The normalized spacial score (nSPS) is 14.9. The van der Waals surface area contributed by atoms with Crippen LogP contribution in [0.15, 0.2) is 78.9 Å². The highest BCUT2D eigenvalue weighted by Gasteiger charge is 2.41. The van der Waals surface area contributed by atoms with E-state index in [1.807, 2.05) is 35.2 Å². The highest BCUT2D eigenvalue weighted by atomic mass is 16.5. The number of aromatic amines is 1. The summed E-state index contributed by atoms with van der Waals surface area (Å²) >= 11 is 0. The van der Waals surface area contributed by atoms with Crippen molar-refractivity contribution in [2.75, 3.05) is 13.2 Å². The summed E-state index contributed by atoms with van der Waals surface area (Å²) in [5, 5.41) is 7.63. The zero-order chi connectivity index (χ0) is 23.5. The average molecular weight is 452 g/mol. The molecule has 0 bridgehead atoms. The van der Waals surface area contributed by atoms with E-state index in [0.717, 1.165) is 41.0 Å². The van der Waals surface area contributed by atoms with E-state index in [2.05, 4.69) is 72.6 Å². The van der Waals surface area contributed by atoms with E-state index in [-0.39, 0.29) is 11.9 Å². The van der Waals surface area contributed by atoms with Crippen molar-refractivity contribution in [3.63, 3.8) is 0 Å². The number of hydrogen-bond donors (Lipinski definition) is 1. The van der Waals surface area contributed by atoms with Gasteiger partial charge >= 0.3 is 0 Å². The van der Waals surface area contributed by atoms with Gasteiger partial charge in [-0.2, -0.15) is 5.10 Å². The molecule has 0 saturated carbocycles. The lowest BCUT2D eigenvalue weighted by molar-refractivity contribution is 0.0746. The van der Waals surface area contributed by atoms with E-state index < -0.39 is 0 Å². The van der Waals surface area contributed by atoms with Crippen molar-refractivity contribution >= 4 is 5.91 Å². The van der Waals surface area contributed by atoms with Crippen molar-refractivity contribution in [2.24, 2.45) is 0 Å². The summed E-state index contributed by atoms with van der Waals surface area (Å²) < 4.78 is 5.79. The minimum absolute atomic E-state index is 0.00639. The Morgan fingerprint density at radius 3 is 2.41 bits per heavy atom. The molecule has 1 amide bonds. The molecule has 3 aromatic carbocycles. The second kappa shape index (κ2) is 9.56. The molecule has 1 N–H and O–H groups in total. The summed E-state index contributed by atoms with van der Waals surface area (Å²) in [4.78, 5) is 15.5. The van der Waals surface area contributed by atoms with Gasteiger partial charge in [-0.15, -0.1) is 0 Å². The molecular weight excluding hydrogens is 422 g/mol. The van der Waals surface area contributed by atoms with Gasteiger partial charge in [0.15, 0.2) is 0 Å². The lowest BCUT2D eigenvalue weighted by Gasteiger charge is -2.26. The van der Waals surface area contributed by atoms with Gasteiger partial charge in [-0.05, 0) is 43.0 Å². The molecule has 1 aliphatic heterocycles. The quantitative estimate of drug-likeness (QED) is 0.359. The van der Waals surface area contributed by atoms with Crippen LogP contribution in [0.5, 0.6) is 5.75 Å². The van der Waals surface area contributed by atoms with E-state index in [1.54, 1.807) is 0 Å². The Bertz CT molecular complexity index is 1260. The van der Waals surface area contributed by atoms with Gasteiger partial charge in [0.25, 0.3) is 5.91 Å². The van der Waals surface area contributed by atoms with Crippen LogP contribution in [0.2, 0.25) is 0 Å². The molecule has 0 radical (unpaired) electrons. The van der Waals surface area contributed by atoms with Crippen molar-refractivity contribution in [3.05, 3.63) is 107 Å². The van der Waals surface area contributed by atoms with E-state index in [0.29, 0.717) is 18.8 Å². The van der Waals surface area contributed by atoms with Gasteiger partial charge < -0.3 is 9.64 Å². The number of hydrogen-bond acceptors (Lipinski definition) is 3. The SMILES string of the molecule is CCCOc1ccc(C2c3c(-c4ccc(C)cc4)n[nH]c3C(=O)N2CCc2ccccc2)cc1. The zero-order valence-corrected chi connectivity index (χ0v) is 19.6. The fraction of sp³-hybridized carbons (Fsp3) is 0.241. The van der Waals surface area contributed by atoms with E-state index >= 15 is 0 Å². The smallest absolute Gasteiger partial charge is 0.273 e. The third-order valence-electron chi connectivity index (χ3n) is 6.34. The third kappa shape index (κ3) is 4.21. The maximum atomic E-state index is 13.5. The number of carbonyl (C=O) groups excluding carboxylic acids is 1. The molecule has 0 saturated heterocycles. The first kappa shape index (κ1) is 22.0. The van der Waals surface area contributed by atoms with Crippen LogP contribution in [-0.4, -0.2) is 34.2 Å². The summed E-state index contributed by atoms with van der Waals surface area (Å²) in [7, 11) is 0. The number of aryl methyl sites for hydroxylation is 1. The Morgan fingerprint density at radius 2 is 1.71 bits per heavy atom. The topological polar surface area (TPSA) is 58.2 Å². The maximum absolute atomic E-state index is 13.5. The second-order valence-electron chi connectivity index (χ2n) is 8.78. The summed E-state index contributed by atoms with van der Waals surface area (Å²) in [5.41, 5.74) is 6.83. The monoisotopic (exact) mass is 451 g/mol. The van der Waals surface area contributed by atoms with Crippen molar-refractivity contribution in [1.29, 1.82) is 0 Å². The number of benzene rings is 3. The fourth-order valence-electron chi connectivity index (χ4n) is 4.57. The number of nitrogens with one attached hydrogen (secondary N) is 1. The predicted molar refractivity (Wildman–Crippen MR) is 134 cm³/mol. The Balaban J connectivity index is 1.53. The summed E-state index contributed by atoms with van der Waals surface area (Å²) in [6.45, 7) is 5.47. The molecule has 5 rings (SSSR count). The van der Waals surface area contributed by atoms with Crippen molar-refractivity contribution in [3.8, 4) is 17.0 Å². The number of rotatable bonds is 8. The predicted octanol–water partition coefficient (Wildman–Crippen LogP) is 5.96. The van der Waals surface area contributed by atoms with E-state index in [9.17, 15) is 4.79 Å². The first-order valence-corrected chi connectivity index (χ1v) is 11.9. The summed E-state index contributed by atoms with van der Waals surface area (Å²) in [5.74, 6) is 0.838. The van der Waals surface area contributed by atoms with Gasteiger partial charge in [-0.1, -0.05) is 79.2 Å². The highest BCUT2D eigenvalue weighted by Crippen LogP contribution is 2.43. The Morgan fingerprint density at radius 1 is 0.971 bits per heavy atom. The zero-order valence-electron chi connectivity index (χ0n) is 19.6. The van der Waals surface area contributed by atoms with Crippen molar-refractivity contribution in [1.82, 2.24) is 15.1 Å². The third-order valence-corrected chi connectivity index (χ3v) is 6.34. The van der Waals surface area contributed by atoms with Gasteiger partial charge in [0.05, 0.1) is 18.3 Å². The average Bonchev–Trinajstić information content (AvgIpc) is 3.42. The first-order chi connectivity index (χ1) is 16.7. The Labute approximate surface area is 200 Å². The Kier molecular flexibility index (Phi) is 6.17. The molecule has 4 aromatic rings. The molecule has 0 spiro atoms. The molecule has 34 heavy (non-hydrogen) atoms. The molecule has 1 atom stereocenters. The van der Waals surface area contributed by atoms with Crippen LogP contribution in [0.25, 0.3) is 11.3 Å². The molecule has 1 aromatic heterocycles. The van der Waals surface area contributed by atoms with Gasteiger partial charge in [0.1, 0.15) is 11.4 Å². The van der Waals surface area contributed by atoms with Gasteiger partial charge in [-0.25, -0.2) is 0 Å². The number of amides is 1. The number of fused-ring (bicyclic) bond motifs is 1. The van der Waals surface area contributed by atoms with Crippen molar-refractivity contribution < 1.29 is 9.53 Å². The van der Waals surface area contributed by atoms with Crippen LogP contribution in [0.4, 0.5) is 0 Å². The molecule has 0 fully saturated rings. The lowest BCUT2D eigenvalue weighted by atomic mass is 9.95. The van der Waals surface area contributed by atoms with E-state index in [4.69, 9.17) is 4.74 Å². The fourth-order valence-corrected chi connectivity index (χ4v) is 4.57. The van der Waals surface area contributed by atoms with Gasteiger partial charge in [0.2, 0.25) is 0 Å². The van der Waals surface area contributed by atoms with Crippen LogP contribution in [0.3, 0.4) is 0 Å². The van der Waals surface area contributed by atoms with Crippen LogP contribution < -0.4 is 4.74 Å². The van der Waals surface area contributed by atoms with Crippen molar-refractivity contribution in [2.45, 2.75) is 32.7 Å². The molecule has 1 unspecified atom stereocenters. The van der Waals surface area contributed by atoms with Crippen LogP contribution >= 0.6 is 0 Å². The highest BCUT2D eigenvalue weighted by molar-refractivity contribution is 6.00. The summed E-state index contributed by atoms with van der Waals surface area (Å²) in [6.07, 6.45) is 1.75. The molecule has 5 heteroatoms. The molecule has 5 nitrogen and oxygen atoms in total.